The maximum absolute atomic E-state index is 6.44. The maximum atomic E-state index is 6.44. The number of para-hydroxylation sites is 4. The molecule has 0 radical (unpaired) electrons. The van der Waals surface area contributed by atoms with E-state index in [-0.39, 0.29) is 0 Å². The lowest BCUT2D eigenvalue weighted by Gasteiger charge is -2.29. The van der Waals surface area contributed by atoms with Gasteiger partial charge < -0.3 is 13.9 Å². The summed E-state index contributed by atoms with van der Waals surface area (Å²) in [5, 5.41) is 9.73. The summed E-state index contributed by atoms with van der Waals surface area (Å²) < 4.78 is 8.81. The van der Waals surface area contributed by atoms with E-state index < -0.39 is 0 Å². The number of aromatic nitrogens is 1. The Morgan fingerprint density at radius 3 is 1.61 bits per heavy atom. The van der Waals surface area contributed by atoms with Gasteiger partial charge in [0.2, 0.25) is 0 Å². The molecule has 0 atom stereocenters. The predicted molar refractivity (Wildman–Crippen MR) is 299 cm³/mol. The molecule has 0 spiro atoms. The van der Waals surface area contributed by atoms with Crippen molar-refractivity contribution in [2.75, 3.05) is 4.90 Å². The first-order valence-corrected chi connectivity index (χ1v) is 24.3. The average molecular weight is 905 g/mol. The van der Waals surface area contributed by atoms with E-state index in [1.54, 1.807) is 0 Å². The van der Waals surface area contributed by atoms with Crippen LogP contribution in [0.2, 0.25) is 0 Å². The molecule has 332 valence electrons. The largest absolute Gasteiger partial charge is 0.456 e. The van der Waals surface area contributed by atoms with Crippen molar-refractivity contribution in [3.63, 3.8) is 0 Å². The molecule has 12 aromatic carbocycles. The van der Waals surface area contributed by atoms with Crippen LogP contribution >= 0.6 is 0 Å². The molecule has 0 saturated heterocycles. The first kappa shape index (κ1) is 40.6. The van der Waals surface area contributed by atoms with Crippen molar-refractivity contribution in [1.29, 1.82) is 0 Å². The van der Waals surface area contributed by atoms with Crippen LogP contribution in [0, 0.1) is 0 Å². The maximum Gasteiger partial charge on any atom is 0.136 e. The van der Waals surface area contributed by atoms with Crippen molar-refractivity contribution in [2.24, 2.45) is 0 Å². The number of nitrogens with zero attached hydrogens (tertiary/aromatic N) is 2. The fraction of sp³-hybridized carbons (Fsp3) is 0. The number of rotatable bonds is 8. The molecule has 0 amide bonds. The summed E-state index contributed by atoms with van der Waals surface area (Å²) in [6.07, 6.45) is 0. The van der Waals surface area contributed by atoms with Crippen molar-refractivity contribution in [2.45, 2.75) is 0 Å². The average Bonchev–Trinajstić information content (AvgIpc) is 4.00. The van der Waals surface area contributed by atoms with Crippen molar-refractivity contribution in [3.8, 4) is 50.2 Å². The van der Waals surface area contributed by atoms with E-state index >= 15 is 0 Å². The standard InChI is InChI=1S/C68H44N2O/c1-2-21-54-50(16-1)44-62(56-23-4-3-22-55(54)56)49-19-14-20-53(43-49)69(63-29-9-7-26-59(63)60-28-15-33-67-68(60)61-27-8-12-32-66(61)71-67)51-38-34-45(35-39-51)47-17-13-18-48(42-47)46-36-40-52(41-37-46)70-64-30-10-5-24-57(64)58-25-6-11-31-65(58)70/h1-44H. The van der Waals surface area contributed by atoms with Crippen LogP contribution in [-0.4, -0.2) is 4.57 Å². The SMILES string of the molecule is c1cc(-c2ccc(N(c3cccc(-c4cc5ccccc5c5ccccc45)c3)c3ccccc3-c3cccc4oc5ccccc5c34)cc2)cc(-c2ccc(-n3c4ccccc4c4ccccc43)cc2)c1. The number of benzene rings is 12. The summed E-state index contributed by atoms with van der Waals surface area (Å²) in [5.41, 5.74) is 17.8. The molecule has 0 aliphatic rings. The molecule has 0 fully saturated rings. The third-order valence-electron chi connectivity index (χ3n) is 14.4. The zero-order chi connectivity index (χ0) is 46.8. The smallest absolute Gasteiger partial charge is 0.136 e. The van der Waals surface area contributed by atoms with E-state index in [1.165, 1.54) is 60.0 Å². The molecular weight excluding hydrogens is 861 g/mol. The van der Waals surface area contributed by atoms with E-state index in [2.05, 4.69) is 270 Å². The molecule has 2 aromatic heterocycles. The van der Waals surface area contributed by atoms with Gasteiger partial charge in [0, 0.05) is 44.2 Å². The summed E-state index contributed by atoms with van der Waals surface area (Å²) >= 11 is 0. The normalized spacial score (nSPS) is 11.7. The quantitative estimate of drug-likeness (QED) is 0.142. The van der Waals surface area contributed by atoms with Crippen LogP contribution in [0.25, 0.3) is 115 Å². The van der Waals surface area contributed by atoms with Gasteiger partial charge in [0.15, 0.2) is 0 Å². The molecule has 3 nitrogen and oxygen atoms in total. The highest BCUT2D eigenvalue weighted by molar-refractivity contribution is 6.15. The Bertz CT molecular complexity index is 4290. The second-order valence-corrected chi connectivity index (χ2v) is 18.4. The third-order valence-corrected chi connectivity index (χ3v) is 14.4. The van der Waals surface area contributed by atoms with Gasteiger partial charge in [-0.15, -0.1) is 0 Å². The zero-order valence-corrected chi connectivity index (χ0v) is 38.7. The Kier molecular flexibility index (Phi) is 9.53. The van der Waals surface area contributed by atoms with Crippen molar-refractivity contribution in [3.05, 3.63) is 267 Å². The number of furan rings is 1. The lowest BCUT2D eigenvalue weighted by molar-refractivity contribution is 0.669. The second kappa shape index (κ2) is 16.7. The minimum Gasteiger partial charge on any atom is -0.456 e. The molecule has 14 rings (SSSR count). The van der Waals surface area contributed by atoms with Gasteiger partial charge in [-0.1, -0.05) is 188 Å². The van der Waals surface area contributed by atoms with E-state index in [4.69, 9.17) is 4.42 Å². The molecule has 2 heterocycles. The highest BCUT2D eigenvalue weighted by Crippen LogP contribution is 2.46. The molecule has 3 heteroatoms. The van der Waals surface area contributed by atoms with E-state index in [9.17, 15) is 0 Å². The summed E-state index contributed by atoms with van der Waals surface area (Å²) in [6, 6.07) is 96.7. The lowest BCUT2D eigenvalue weighted by Crippen LogP contribution is -2.11. The van der Waals surface area contributed by atoms with Gasteiger partial charge in [-0.3, -0.25) is 0 Å². The number of anilines is 3. The molecule has 0 aliphatic heterocycles. The molecule has 71 heavy (non-hydrogen) atoms. The lowest BCUT2D eigenvalue weighted by atomic mass is 9.93. The van der Waals surface area contributed by atoms with Crippen LogP contribution in [0.5, 0.6) is 0 Å². The van der Waals surface area contributed by atoms with E-state index in [0.29, 0.717) is 0 Å². The molecule has 0 saturated carbocycles. The van der Waals surface area contributed by atoms with Crippen molar-refractivity contribution >= 4 is 82.4 Å². The zero-order valence-electron chi connectivity index (χ0n) is 38.7. The Morgan fingerprint density at radius 1 is 0.296 bits per heavy atom. The van der Waals surface area contributed by atoms with Gasteiger partial charge in [0.1, 0.15) is 11.2 Å². The molecule has 0 unspecified atom stereocenters. The fourth-order valence-electron chi connectivity index (χ4n) is 11.1. The molecule has 14 aromatic rings. The van der Waals surface area contributed by atoms with Gasteiger partial charge in [0.25, 0.3) is 0 Å². The van der Waals surface area contributed by atoms with Crippen LogP contribution in [0.1, 0.15) is 0 Å². The highest BCUT2D eigenvalue weighted by Gasteiger charge is 2.22. The summed E-state index contributed by atoms with van der Waals surface area (Å²) in [7, 11) is 0. The van der Waals surface area contributed by atoms with Crippen LogP contribution in [0.3, 0.4) is 0 Å². The van der Waals surface area contributed by atoms with Crippen LogP contribution < -0.4 is 4.90 Å². The van der Waals surface area contributed by atoms with Crippen LogP contribution in [0.4, 0.5) is 17.1 Å². The van der Waals surface area contributed by atoms with Gasteiger partial charge in [-0.2, -0.15) is 0 Å². The molecule has 0 bridgehead atoms. The van der Waals surface area contributed by atoms with Crippen molar-refractivity contribution in [1.82, 2.24) is 4.57 Å². The minimum atomic E-state index is 0.876. The van der Waals surface area contributed by atoms with Crippen molar-refractivity contribution < 1.29 is 4.42 Å². The second-order valence-electron chi connectivity index (χ2n) is 18.4. The summed E-state index contributed by atoms with van der Waals surface area (Å²) in [6.45, 7) is 0. The molecule has 0 aliphatic carbocycles. The molecular formula is C68H44N2O. The Hall–Kier alpha value is -9.44. The van der Waals surface area contributed by atoms with Gasteiger partial charge >= 0.3 is 0 Å². The monoisotopic (exact) mass is 904 g/mol. The predicted octanol–water partition coefficient (Wildman–Crippen LogP) is 19.1. The highest BCUT2D eigenvalue weighted by atomic mass is 16.3. The van der Waals surface area contributed by atoms with E-state index in [1.807, 2.05) is 6.07 Å². The number of hydrogen-bond acceptors (Lipinski definition) is 2. The Balaban J connectivity index is 0.875. The minimum absolute atomic E-state index is 0.876. The third kappa shape index (κ3) is 6.82. The Morgan fingerprint density at radius 2 is 0.845 bits per heavy atom. The number of fused-ring (bicyclic) bond motifs is 9. The summed E-state index contributed by atoms with van der Waals surface area (Å²) in [4.78, 5) is 2.42. The van der Waals surface area contributed by atoms with Crippen LogP contribution in [0.15, 0.2) is 271 Å². The number of hydrogen-bond donors (Lipinski definition) is 0. The van der Waals surface area contributed by atoms with E-state index in [0.717, 1.165) is 72.5 Å². The van der Waals surface area contributed by atoms with Gasteiger partial charge in [0.05, 0.1) is 16.7 Å². The fourth-order valence-corrected chi connectivity index (χ4v) is 11.1. The molecule has 0 N–H and O–H groups in total. The first-order chi connectivity index (χ1) is 35.2. The Labute approximate surface area is 411 Å². The van der Waals surface area contributed by atoms with Gasteiger partial charge in [-0.05, 0) is 139 Å². The first-order valence-electron chi connectivity index (χ1n) is 24.3. The van der Waals surface area contributed by atoms with Gasteiger partial charge in [-0.25, -0.2) is 0 Å². The topological polar surface area (TPSA) is 21.3 Å². The summed E-state index contributed by atoms with van der Waals surface area (Å²) in [5.74, 6) is 0. The van der Waals surface area contributed by atoms with Crippen LogP contribution in [-0.2, 0) is 0 Å².